The minimum absolute atomic E-state index is 0. The second-order valence-corrected chi connectivity index (χ2v) is 7.42. The zero-order valence-corrected chi connectivity index (χ0v) is 18.4. The highest BCUT2D eigenvalue weighted by molar-refractivity contribution is 5.94. The van der Waals surface area contributed by atoms with Crippen LogP contribution in [0.1, 0.15) is 47.9 Å². The molecule has 9 heteroatoms. The SMILES string of the molecule is Cl.Cl.Cn1ccnc1C1CNCCN1C(=O)c1ccc(N2CCCCCC2)nc1. The van der Waals surface area contributed by atoms with E-state index in [0.29, 0.717) is 12.1 Å². The monoisotopic (exact) mass is 440 g/mol. The molecule has 0 aliphatic carbocycles. The Balaban J connectivity index is 0.00000150. The number of amides is 1. The second kappa shape index (κ2) is 10.8. The summed E-state index contributed by atoms with van der Waals surface area (Å²) in [5.41, 5.74) is 0.648. The predicted octanol–water partition coefficient (Wildman–Crippen LogP) is 2.83. The van der Waals surface area contributed by atoms with Gasteiger partial charge in [-0.05, 0) is 25.0 Å². The van der Waals surface area contributed by atoms with Gasteiger partial charge in [0.2, 0.25) is 0 Å². The van der Waals surface area contributed by atoms with E-state index in [1.54, 1.807) is 12.4 Å². The molecular formula is C20H30Cl2N6O. The maximum absolute atomic E-state index is 13.2. The quantitative estimate of drug-likeness (QED) is 0.794. The van der Waals surface area contributed by atoms with Crippen LogP contribution < -0.4 is 10.2 Å². The molecule has 7 nitrogen and oxygen atoms in total. The summed E-state index contributed by atoms with van der Waals surface area (Å²) < 4.78 is 1.98. The van der Waals surface area contributed by atoms with Crippen molar-refractivity contribution in [1.82, 2.24) is 24.8 Å². The summed E-state index contributed by atoms with van der Waals surface area (Å²) in [4.78, 5) is 26.5. The molecule has 1 N–H and O–H groups in total. The second-order valence-electron chi connectivity index (χ2n) is 7.42. The summed E-state index contributed by atoms with van der Waals surface area (Å²) in [5, 5.41) is 3.38. The first-order valence-corrected chi connectivity index (χ1v) is 9.94. The molecule has 29 heavy (non-hydrogen) atoms. The number of anilines is 1. The maximum Gasteiger partial charge on any atom is 0.256 e. The van der Waals surface area contributed by atoms with Crippen LogP contribution in [0.5, 0.6) is 0 Å². The van der Waals surface area contributed by atoms with Crippen molar-refractivity contribution in [2.24, 2.45) is 7.05 Å². The van der Waals surface area contributed by atoms with Gasteiger partial charge in [0, 0.05) is 58.4 Å². The van der Waals surface area contributed by atoms with Crippen molar-refractivity contribution in [3.63, 3.8) is 0 Å². The summed E-state index contributed by atoms with van der Waals surface area (Å²) in [5.74, 6) is 1.92. The fraction of sp³-hybridized carbons (Fsp3) is 0.550. The van der Waals surface area contributed by atoms with Crippen molar-refractivity contribution < 1.29 is 4.79 Å². The summed E-state index contributed by atoms with van der Waals surface area (Å²) in [7, 11) is 1.97. The summed E-state index contributed by atoms with van der Waals surface area (Å²) in [6.07, 6.45) is 10.5. The molecular weight excluding hydrogens is 411 g/mol. The molecule has 2 aromatic rings. The molecule has 0 bridgehead atoms. The van der Waals surface area contributed by atoms with Crippen LogP contribution in [0.25, 0.3) is 0 Å². The largest absolute Gasteiger partial charge is 0.357 e. The van der Waals surface area contributed by atoms with E-state index in [-0.39, 0.29) is 36.8 Å². The zero-order chi connectivity index (χ0) is 18.6. The molecule has 2 saturated heterocycles. The molecule has 4 heterocycles. The van der Waals surface area contributed by atoms with Crippen LogP contribution in [0.15, 0.2) is 30.7 Å². The number of imidazole rings is 1. The average Bonchev–Trinajstić information content (AvgIpc) is 2.96. The van der Waals surface area contributed by atoms with E-state index in [4.69, 9.17) is 0 Å². The first kappa shape index (κ1) is 23.4. The molecule has 2 aromatic heterocycles. The van der Waals surface area contributed by atoms with Gasteiger partial charge >= 0.3 is 0 Å². The molecule has 0 spiro atoms. The van der Waals surface area contributed by atoms with Gasteiger partial charge in [0.05, 0.1) is 5.56 Å². The van der Waals surface area contributed by atoms with Crippen LogP contribution >= 0.6 is 24.8 Å². The highest BCUT2D eigenvalue weighted by Crippen LogP contribution is 2.23. The van der Waals surface area contributed by atoms with Crippen LogP contribution in [-0.2, 0) is 7.05 Å². The van der Waals surface area contributed by atoms with Crippen LogP contribution in [-0.4, -0.2) is 58.1 Å². The van der Waals surface area contributed by atoms with E-state index in [0.717, 1.165) is 37.8 Å². The summed E-state index contributed by atoms with van der Waals surface area (Å²) in [6.45, 7) is 4.30. The Morgan fingerprint density at radius 2 is 1.83 bits per heavy atom. The first-order valence-electron chi connectivity index (χ1n) is 9.94. The van der Waals surface area contributed by atoms with Crippen molar-refractivity contribution >= 4 is 36.5 Å². The molecule has 1 atom stereocenters. The fourth-order valence-corrected chi connectivity index (χ4v) is 4.04. The van der Waals surface area contributed by atoms with Gasteiger partial charge in [-0.1, -0.05) is 12.8 Å². The van der Waals surface area contributed by atoms with E-state index >= 15 is 0 Å². The normalized spacial score (nSPS) is 19.7. The van der Waals surface area contributed by atoms with Crippen LogP contribution in [0.2, 0.25) is 0 Å². The lowest BCUT2D eigenvalue weighted by Crippen LogP contribution is -2.49. The Morgan fingerprint density at radius 1 is 1.07 bits per heavy atom. The minimum atomic E-state index is -0.0588. The highest BCUT2D eigenvalue weighted by atomic mass is 35.5. The summed E-state index contributed by atoms with van der Waals surface area (Å²) >= 11 is 0. The lowest BCUT2D eigenvalue weighted by molar-refractivity contribution is 0.0620. The molecule has 4 rings (SSSR count). The Kier molecular flexibility index (Phi) is 8.74. The number of rotatable bonds is 3. The third-order valence-electron chi connectivity index (χ3n) is 5.59. The van der Waals surface area contributed by atoms with Gasteiger partial charge in [-0.3, -0.25) is 4.79 Å². The molecule has 1 amide bonds. The average molecular weight is 441 g/mol. The molecule has 2 fully saturated rings. The Bertz CT molecular complexity index is 774. The molecule has 2 aliphatic rings. The van der Waals surface area contributed by atoms with Gasteiger partial charge in [0.25, 0.3) is 5.91 Å². The Hall–Kier alpha value is -1.83. The van der Waals surface area contributed by atoms with Gasteiger partial charge in [-0.15, -0.1) is 24.8 Å². The third kappa shape index (κ3) is 5.21. The van der Waals surface area contributed by atoms with Gasteiger partial charge in [-0.2, -0.15) is 0 Å². The van der Waals surface area contributed by atoms with Crippen molar-refractivity contribution in [2.75, 3.05) is 37.6 Å². The fourth-order valence-electron chi connectivity index (χ4n) is 4.04. The van der Waals surface area contributed by atoms with Gasteiger partial charge in [0.15, 0.2) is 0 Å². The molecule has 0 radical (unpaired) electrons. The number of pyridine rings is 1. The lowest BCUT2D eigenvalue weighted by atomic mass is 10.1. The van der Waals surface area contributed by atoms with Crippen LogP contribution in [0.4, 0.5) is 5.82 Å². The molecule has 2 aliphatic heterocycles. The number of carbonyl (C=O) groups excluding carboxylic acids is 1. The number of nitrogens with one attached hydrogen (secondary N) is 1. The number of carbonyl (C=O) groups is 1. The smallest absolute Gasteiger partial charge is 0.256 e. The standard InChI is InChI=1S/C20H28N6O.2ClH/c1-24-12-9-22-19(24)17-15-21-8-13-26(17)20(27)16-6-7-18(23-14-16)25-10-4-2-3-5-11-25;;/h6-7,9,12,14,17,21H,2-5,8,10-11,13,15H2,1H3;2*1H. The van der Waals surface area contributed by atoms with Crippen molar-refractivity contribution in [3.8, 4) is 0 Å². The number of aromatic nitrogens is 3. The highest BCUT2D eigenvalue weighted by Gasteiger charge is 2.31. The van der Waals surface area contributed by atoms with Gasteiger partial charge < -0.3 is 19.7 Å². The number of hydrogen-bond acceptors (Lipinski definition) is 5. The number of halogens is 2. The predicted molar refractivity (Wildman–Crippen MR) is 119 cm³/mol. The van der Waals surface area contributed by atoms with E-state index in [2.05, 4.69) is 20.2 Å². The molecule has 0 saturated carbocycles. The van der Waals surface area contributed by atoms with E-state index in [1.807, 2.05) is 34.8 Å². The first-order chi connectivity index (χ1) is 13.2. The minimum Gasteiger partial charge on any atom is -0.357 e. The van der Waals surface area contributed by atoms with Gasteiger partial charge in [-0.25, -0.2) is 9.97 Å². The van der Waals surface area contributed by atoms with Gasteiger partial charge in [0.1, 0.15) is 17.7 Å². The summed E-state index contributed by atoms with van der Waals surface area (Å²) in [6, 6.07) is 3.86. The van der Waals surface area contributed by atoms with E-state index < -0.39 is 0 Å². The Labute approximate surface area is 184 Å². The topological polar surface area (TPSA) is 66.3 Å². The van der Waals surface area contributed by atoms with Crippen molar-refractivity contribution in [3.05, 3.63) is 42.1 Å². The number of aryl methyl sites for hydroxylation is 1. The van der Waals surface area contributed by atoms with Crippen LogP contribution in [0, 0.1) is 0 Å². The number of piperazine rings is 1. The molecule has 160 valence electrons. The van der Waals surface area contributed by atoms with Crippen molar-refractivity contribution in [2.45, 2.75) is 31.7 Å². The zero-order valence-electron chi connectivity index (χ0n) is 16.8. The molecule has 0 aromatic carbocycles. The van der Waals surface area contributed by atoms with E-state index in [1.165, 1.54) is 25.7 Å². The number of nitrogens with zero attached hydrogens (tertiary/aromatic N) is 5. The molecule has 1 unspecified atom stereocenters. The van der Waals surface area contributed by atoms with Crippen LogP contribution in [0.3, 0.4) is 0 Å². The number of hydrogen-bond donors (Lipinski definition) is 1. The maximum atomic E-state index is 13.2. The third-order valence-corrected chi connectivity index (χ3v) is 5.59. The lowest BCUT2D eigenvalue weighted by Gasteiger charge is -2.35. The van der Waals surface area contributed by atoms with E-state index in [9.17, 15) is 4.79 Å². The van der Waals surface area contributed by atoms with Crippen molar-refractivity contribution in [1.29, 1.82) is 0 Å². The Morgan fingerprint density at radius 3 is 2.45 bits per heavy atom.